The molecular formula is C26H30N4O5. The average molecular weight is 479 g/mol. The van der Waals surface area contributed by atoms with Crippen LogP contribution >= 0.6 is 0 Å². The van der Waals surface area contributed by atoms with Crippen LogP contribution in [0.4, 0.5) is 16.2 Å². The summed E-state index contributed by atoms with van der Waals surface area (Å²) in [4.78, 5) is 35.7. The highest BCUT2D eigenvalue weighted by Crippen LogP contribution is 2.22. The fourth-order valence-corrected chi connectivity index (χ4v) is 3.52. The second kappa shape index (κ2) is 12.4. The molecule has 0 saturated heterocycles. The van der Waals surface area contributed by atoms with E-state index >= 15 is 0 Å². The minimum Gasteiger partial charge on any atom is -0.481 e. The number of amides is 3. The van der Waals surface area contributed by atoms with Crippen LogP contribution in [-0.4, -0.2) is 28.2 Å². The SMILES string of the molecule is CC(C)CC(NC(=O)Cc1ccc(NC(=O)Nc2ccccc2)cc1)c1cc(CCC(=O)O)on1. The smallest absolute Gasteiger partial charge is 0.323 e. The molecule has 3 aromatic rings. The van der Waals surface area contributed by atoms with Crippen LogP contribution in [0.2, 0.25) is 0 Å². The van der Waals surface area contributed by atoms with Gasteiger partial charge in [0.05, 0.1) is 18.9 Å². The molecule has 9 nitrogen and oxygen atoms in total. The molecule has 35 heavy (non-hydrogen) atoms. The molecule has 0 bridgehead atoms. The van der Waals surface area contributed by atoms with Crippen LogP contribution in [0.5, 0.6) is 0 Å². The number of hydrogen-bond acceptors (Lipinski definition) is 5. The minimum atomic E-state index is -0.909. The highest BCUT2D eigenvalue weighted by Gasteiger charge is 2.21. The highest BCUT2D eigenvalue weighted by atomic mass is 16.5. The lowest BCUT2D eigenvalue weighted by atomic mass is 10.00. The summed E-state index contributed by atoms with van der Waals surface area (Å²) in [7, 11) is 0. The summed E-state index contributed by atoms with van der Waals surface area (Å²) in [5, 5.41) is 21.4. The topological polar surface area (TPSA) is 134 Å². The summed E-state index contributed by atoms with van der Waals surface area (Å²) < 4.78 is 5.26. The summed E-state index contributed by atoms with van der Waals surface area (Å²) in [5.41, 5.74) is 2.67. The lowest BCUT2D eigenvalue weighted by Crippen LogP contribution is -2.31. The Kier molecular flexibility index (Phi) is 9.00. The second-order valence-corrected chi connectivity index (χ2v) is 8.68. The number of carboxylic acids is 1. The molecule has 0 spiro atoms. The standard InChI is InChI=1S/C26H30N4O5/c1-17(2)14-22(23-16-21(35-30-23)12-13-25(32)33)29-24(31)15-18-8-10-20(11-9-18)28-26(34)27-19-6-4-3-5-7-19/h3-11,16-17,22H,12-15H2,1-2H3,(H,29,31)(H,32,33)(H2,27,28,34). The van der Waals surface area contributed by atoms with Gasteiger partial charge in [-0.05, 0) is 42.2 Å². The number of aliphatic carboxylic acids is 1. The van der Waals surface area contributed by atoms with E-state index in [1.165, 1.54) is 0 Å². The van der Waals surface area contributed by atoms with Crippen molar-refractivity contribution in [1.29, 1.82) is 0 Å². The largest absolute Gasteiger partial charge is 0.481 e. The van der Waals surface area contributed by atoms with Gasteiger partial charge in [0.2, 0.25) is 5.91 Å². The van der Waals surface area contributed by atoms with Crippen LogP contribution in [0.1, 0.15) is 49.7 Å². The number of nitrogens with zero attached hydrogens (tertiary/aromatic N) is 1. The van der Waals surface area contributed by atoms with Gasteiger partial charge >= 0.3 is 12.0 Å². The molecule has 0 saturated carbocycles. The zero-order chi connectivity index (χ0) is 25.2. The predicted octanol–water partition coefficient (Wildman–Crippen LogP) is 4.78. The van der Waals surface area contributed by atoms with Crippen LogP contribution in [0.25, 0.3) is 0 Å². The molecule has 0 aliphatic heterocycles. The van der Waals surface area contributed by atoms with Crippen LogP contribution in [0.3, 0.4) is 0 Å². The molecule has 0 aliphatic carbocycles. The molecule has 1 aromatic heterocycles. The van der Waals surface area contributed by atoms with Crippen molar-refractivity contribution in [3.05, 3.63) is 77.7 Å². The van der Waals surface area contributed by atoms with Crippen molar-refractivity contribution in [2.24, 2.45) is 5.92 Å². The van der Waals surface area contributed by atoms with Gasteiger partial charge in [0.1, 0.15) is 11.5 Å². The van der Waals surface area contributed by atoms with Gasteiger partial charge in [-0.3, -0.25) is 9.59 Å². The Balaban J connectivity index is 1.55. The van der Waals surface area contributed by atoms with Crippen LogP contribution < -0.4 is 16.0 Å². The fraction of sp³-hybridized carbons (Fsp3) is 0.308. The van der Waals surface area contributed by atoms with E-state index in [0.717, 1.165) is 5.56 Å². The summed E-state index contributed by atoms with van der Waals surface area (Å²) in [6, 6.07) is 17.2. The average Bonchev–Trinajstić information content (AvgIpc) is 3.28. The van der Waals surface area contributed by atoms with Crippen molar-refractivity contribution < 1.29 is 24.0 Å². The van der Waals surface area contributed by atoms with Gasteiger partial charge in [-0.25, -0.2) is 4.79 Å². The van der Waals surface area contributed by atoms with E-state index in [4.69, 9.17) is 9.63 Å². The van der Waals surface area contributed by atoms with Gasteiger partial charge in [-0.2, -0.15) is 0 Å². The molecule has 1 heterocycles. The number of carbonyl (C=O) groups excluding carboxylic acids is 2. The van der Waals surface area contributed by atoms with Gasteiger partial charge < -0.3 is 25.6 Å². The Morgan fingerprint density at radius 3 is 2.26 bits per heavy atom. The number of urea groups is 1. The van der Waals surface area contributed by atoms with Crippen LogP contribution in [0, 0.1) is 5.92 Å². The third-order valence-corrected chi connectivity index (χ3v) is 5.17. The second-order valence-electron chi connectivity index (χ2n) is 8.68. The van der Waals surface area contributed by atoms with Gasteiger partial charge in [-0.15, -0.1) is 0 Å². The van der Waals surface area contributed by atoms with Crippen molar-refractivity contribution in [2.45, 2.75) is 45.6 Å². The lowest BCUT2D eigenvalue weighted by Gasteiger charge is -2.18. The number of carbonyl (C=O) groups is 3. The lowest BCUT2D eigenvalue weighted by molar-refractivity contribution is -0.137. The Morgan fingerprint density at radius 1 is 0.971 bits per heavy atom. The number of anilines is 2. The zero-order valence-electron chi connectivity index (χ0n) is 19.8. The number of nitrogens with one attached hydrogen (secondary N) is 3. The maximum atomic E-state index is 12.7. The van der Waals surface area contributed by atoms with Gasteiger partial charge in [0.25, 0.3) is 0 Å². The van der Waals surface area contributed by atoms with Crippen molar-refractivity contribution in [1.82, 2.24) is 10.5 Å². The van der Waals surface area contributed by atoms with E-state index < -0.39 is 5.97 Å². The molecule has 0 aliphatic rings. The molecule has 3 rings (SSSR count). The Hall–Kier alpha value is -4.14. The van der Waals surface area contributed by atoms with Gasteiger partial charge in [0.15, 0.2) is 0 Å². The first-order chi connectivity index (χ1) is 16.8. The van der Waals surface area contributed by atoms with Crippen molar-refractivity contribution in [2.75, 3.05) is 10.6 Å². The molecule has 4 N–H and O–H groups in total. The number of para-hydroxylation sites is 1. The molecule has 184 valence electrons. The summed E-state index contributed by atoms with van der Waals surface area (Å²) in [6.07, 6.45) is 1.02. The molecule has 0 fully saturated rings. The summed E-state index contributed by atoms with van der Waals surface area (Å²) in [6.45, 7) is 4.09. The summed E-state index contributed by atoms with van der Waals surface area (Å²) in [5.74, 6) is -0.307. The minimum absolute atomic E-state index is 0.0470. The number of benzene rings is 2. The number of aromatic nitrogens is 1. The van der Waals surface area contributed by atoms with Crippen molar-refractivity contribution in [3.63, 3.8) is 0 Å². The number of rotatable bonds is 11. The predicted molar refractivity (Wildman–Crippen MR) is 132 cm³/mol. The first-order valence-corrected chi connectivity index (χ1v) is 11.5. The van der Waals surface area contributed by atoms with E-state index in [-0.39, 0.29) is 37.2 Å². The monoisotopic (exact) mass is 478 g/mol. The third kappa shape index (κ3) is 8.62. The van der Waals surface area contributed by atoms with E-state index in [2.05, 4.69) is 21.1 Å². The van der Waals surface area contributed by atoms with E-state index in [9.17, 15) is 14.4 Å². The van der Waals surface area contributed by atoms with Crippen molar-refractivity contribution in [3.8, 4) is 0 Å². The third-order valence-electron chi connectivity index (χ3n) is 5.17. The van der Waals surface area contributed by atoms with Crippen LogP contribution in [-0.2, 0) is 22.4 Å². The fourth-order valence-electron chi connectivity index (χ4n) is 3.52. The van der Waals surface area contributed by atoms with E-state index in [1.54, 1.807) is 42.5 Å². The molecular weight excluding hydrogens is 448 g/mol. The molecule has 0 radical (unpaired) electrons. The van der Waals surface area contributed by atoms with E-state index in [0.29, 0.717) is 35.2 Å². The van der Waals surface area contributed by atoms with Crippen molar-refractivity contribution >= 4 is 29.3 Å². The number of hydrogen-bond donors (Lipinski definition) is 4. The highest BCUT2D eigenvalue weighted by molar-refractivity contribution is 5.99. The molecule has 9 heteroatoms. The van der Waals surface area contributed by atoms with Crippen LogP contribution in [0.15, 0.2) is 65.2 Å². The number of carboxylic acid groups (broad SMARTS) is 1. The zero-order valence-corrected chi connectivity index (χ0v) is 19.8. The molecule has 1 atom stereocenters. The Bertz CT molecular complexity index is 1130. The summed E-state index contributed by atoms with van der Waals surface area (Å²) >= 11 is 0. The molecule has 2 aromatic carbocycles. The van der Waals surface area contributed by atoms with Gasteiger partial charge in [0, 0.05) is 23.9 Å². The molecule has 1 unspecified atom stereocenters. The quantitative estimate of drug-likeness (QED) is 0.313. The maximum absolute atomic E-state index is 12.7. The molecule has 3 amide bonds. The number of aryl methyl sites for hydroxylation is 1. The Morgan fingerprint density at radius 2 is 1.63 bits per heavy atom. The first kappa shape index (κ1) is 25.5. The first-order valence-electron chi connectivity index (χ1n) is 11.5. The maximum Gasteiger partial charge on any atom is 0.323 e. The van der Waals surface area contributed by atoms with Gasteiger partial charge in [-0.1, -0.05) is 49.3 Å². The normalized spacial score (nSPS) is 11.6. The van der Waals surface area contributed by atoms with E-state index in [1.807, 2.05) is 32.0 Å². The Labute approximate surface area is 203 Å².